The van der Waals surface area contributed by atoms with Gasteiger partial charge in [-0.15, -0.1) is 11.3 Å². The molecule has 0 saturated heterocycles. The van der Waals surface area contributed by atoms with Crippen LogP contribution in [0.15, 0.2) is 224 Å². The second-order valence-corrected chi connectivity index (χ2v) is 16.0. The minimum Gasteiger partial charge on any atom is -0.310 e. The zero-order valence-electron chi connectivity index (χ0n) is 31.7. The Bertz CT molecular complexity index is 3280. The van der Waals surface area contributed by atoms with Crippen LogP contribution in [0.1, 0.15) is 0 Å². The van der Waals surface area contributed by atoms with Crippen LogP contribution in [-0.2, 0) is 0 Å². The van der Waals surface area contributed by atoms with E-state index in [2.05, 4.69) is 229 Å². The summed E-state index contributed by atoms with van der Waals surface area (Å²) in [6.45, 7) is 0. The van der Waals surface area contributed by atoms with E-state index in [-0.39, 0.29) is 0 Å². The van der Waals surface area contributed by atoms with Crippen molar-refractivity contribution in [2.45, 2.75) is 0 Å². The highest BCUT2D eigenvalue weighted by molar-refractivity contribution is 7.25. The first-order valence-corrected chi connectivity index (χ1v) is 20.6. The average molecular weight is 756 g/mol. The minimum absolute atomic E-state index is 1.10. The number of fused-ring (bicyclic) bond motifs is 5. The van der Waals surface area contributed by atoms with Gasteiger partial charge in [0.1, 0.15) is 0 Å². The predicted octanol–water partition coefficient (Wildman–Crippen LogP) is 16.5. The second kappa shape index (κ2) is 14.4. The molecule has 0 fully saturated rings. The zero-order valence-corrected chi connectivity index (χ0v) is 32.5. The van der Waals surface area contributed by atoms with Gasteiger partial charge in [-0.05, 0) is 109 Å². The Kier molecular flexibility index (Phi) is 8.42. The van der Waals surface area contributed by atoms with E-state index in [1.54, 1.807) is 0 Å². The molecule has 0 spiro atoms. The number of anilines is 3. The normalized spacial score (nSPS) is 11.4. The molecule has 272 valence electrons. The van der Waals surface area contributed by atoms with E-state index in [1.165, 1.54) is 86.2 Å². The molecule has 0 radical (unpaired) electrons. The van der Waals surface area contributed by atoms with Crippen LogP contribution >= 0.6 is 11.3 Å². The lowest BCUT2D eigenvalue weighted by Gasteiger charge is -2.28. The van der Waals surface area contributed by atoms with E-state index >= 15 is 0 Å². The summed E-state index contributed by atoms with van der Waals surface area (Å²) in [6, 6.07) is 82.0. The van der Waals surface area contributed by atoms with Gasteiger partial charge in [0.05, 0.1) is 5.69 Å². The highest BCUT2D eigenvalue weighted by Gasteiger charge is 2.19. The zero-order chi connectivity index (χ0) is 38.4. The topological polar surface area (TPSA) is 3.24 Å². The Balaban J connectivity index is 1.02. The number of benzene rings is 10. The summed E-state index contributed by atoms with van der Waals surface area (Å²) >= 11 is 1.86. The molecule has 1 nitrogen and oxygen atoms in total. The molecule has 0 atom stereocenters. The van der Waals surface area contributed by atoms with Crippen molar-refractivity contribution in [3.8, 4) is 44.5 Å². The van der Waals surface area contributed by atoms with Crippen LogP contribution in [0.4, 0.5) is 17.1 Å². The Morgan fingerprint density at radius 3 is 1.71 bits per heavy atom. The van der Waals surface area contributed by atoms with Crippen LogP contribution < -0.4 is 4.90 Å². The van der Waals surface area contributed by atoms with Crippen molar-refractivity contribution in [1.82, 2.24) is 0 Å². The Hall–Kier alpha value is -7.26. The van der Waals surface area contributed by atoms with Crippen molar-refractivity contribution >= 4 is 70.1 Å². The molecule has 11 rings (SSSR count). The number of hydrogen-bond acceptors (Lipinski definition) is 2. The first-order chi connectivity index (χ1) is 28.7. The number of para-hydroxylation sites is 1. The summed E-state index contributed by atoms with van der Waals surface area (Å²) in [5, 5.41) is 7.65. The van der Waals surface area contributed by atoms with Crippen LogP contribution in [0, 0.1) is 0 Å². The van der Waals surface area contributed by atoms with E-state index in [0.717, 1.165) is 17.1 Å². The largest absolute Gasteiger partial charge is 0.310 e. The molecule has 0 aliphatic heterocycles. The van der Waals surface area contributed by atoms with Gasteiger partial charge in [-0.1, -0.05) is 176 Å². The van der Waals surface area contributed by atoms with Gasteiger partial charge < -0.3 is 4.90 Å². The molecule has 2 heteroatoms. The summed E-state index contributed by atoms with van der Waals surface area (Å²) in [5.41, 5.74) is 12.9. The fraction of sp³-hybridized carbons (Fsp3) is 0. The molecular weight excluding hydrogens is 719 g/mol. The summed E-state index contributed by atoms with van der Waals surface area (Å²) < 4.78 is 2.62. The monoisotopic (exact) mass is 755 g/mol. The van der Waals surface area contributed by atoms with Gasteiger partial charge in [0.25, 0.3) is 0 Å². The highest BCUT2D eigenvalue weighted by Crippen LogP contribution is 2.44. The summed E-state index contributed by atoms with van der Waals surface area (Å²) in [6.07, 6.45) is 0. The van der Waals surface area contributed by atoms with Crippen molar-refractivity contribution < 1.29 is 0 Å². The summed E-state index contributed by atoms with van der Waals surface area (Å²) in [7, 11) is 0. The van der Waals surface area contributed by atoms with Crippen LogP contribution in [0.25, 0.3) is 86.2 Å². The van der Waals surface area contributed by atoms with Crippen LogP contribution in [0.2, 0.25) is 0 Å². The molecule has 10 aromatic carbocycles. The molecule has 0 unspecified atom stereocenters. The standard InChI is InChI=1S/C56H37NS/c1-2-13-43-35-45(28-27-38(43)11-1)40-25-23-39(24-26-40)44-15-9-16-48(36-44)57(47-32-29-42(30-33-47)50-20-10-14-41-12-3-4-17-49(41)50)54-21-7-5-18-51(54)46-31-34-53-52-19-6-8-22-55(52)58-56(53)37-46/h1-37H. The molecule has 1 aromatic heterocycles. The van der Waals surface area contributed by atoms with E-state index < -0.39 is 0 Å². The maximum absolute atomic E-state index is 2.42. The van der Waals surface area contributed by atoms with E-state index in [0.29, 0.717) is 0 Å². The molecule has 0 bridgehead atoms. The van der Waals surface area contributed by atoms with Gasteiger partial charge in [0.2, 0.25) is 0 Å². The SMILES string of the molecule is c1cc(-c2ccc(-c3ccc4ccccc4c3)cc2)cc(N(c2ccc(-c3cccc4ccccc34)cc2)c2ccccc2-c2ccc3c(c2)sc2ccccc23)c1. The summed E-state index contributed by atoms with van der Waals surface area (Å²) in [5.74, 6) is 0. The number of nitrogens with zero attached hydrogens (tertiary/aromatic N) is 1. The molecule has 1 heterocycles. The quantitative estimate of drug-likeness (QED) is 0.157. The third-order valence-electron chi connectivity index (χ3n) is 11.5. The molecule has 11 aromatic rings. The first kappa shape index (κ1) is 34.0. The lowest BCUT2D eigenvalue weighted by Crippen LogP contribution is -2.11. The van der Waals surface area contributed by atoms with Crippen LogP contribution in [0.3, 0.4) is 0 Å². The van der Waals surface area contributed by atoms with Crippen molar-refractivity contribution in [1.29, 1.82) is 0 Å². The fourth-order valence-electron chi connectivity index (χ4n) is 8.55. The van der Waals surface area contributed by atoms with E-state index in [9.17, 15) is 0 Å². The minimum atomic E-state index is 1.10. The molecule has 0 amide bonds. The van der Waals surface area contributed by atoms with E-state index in [1.807, 2.05) is 11.3 Å². The molecule has 58 heavy (non-hydrogen) atoms. The van der Waals surface area contributed by atoms with Gasteiger partial charge >= 0.3 is 0 Å². The predicted molar refractivity (Wildman–Crippen MR) is 251 cm³/mol. The van der Waals surface area contributed by atoms with Gasteiger partial charge in [-0.2, -0.15) is 0 Å². The average Bonchev–Trinajstić information content (AvgIpc) is 3.67. The van der Waals surface area contributed by atoms with Crippen LogP contribution in [0.5, 0.6) is 0 Å². The van der Waals surface area contributed by atoms with Crippen molar-refractivity contribution in [3.63, 3.8) is 0 Å². The first-order valence-electron chi connectivity index (χ1n) is 19.8. The highest BCUT2D eigenvalue weighted by atomic mass is 32.1. The fourth-order valence-corrected chi connectivity index (χ4v) is 9.69. The maximum Gasteiger partial charge on any atom is 0.0540 e. The molecule has 0 N–H and O–H groups in total. The maximum atomic E-state index is 2.42. The van der Waals surface area contributed by atoms with Crippen molar-refractivity contribution in [2.75, 3.05) is 4.90 Å². The Morgan fingerprint density at radius 2 is 0.862 bits per heavy atom. The van der Waals surface area contributed by atoms with Crippen molar-refractivity contribution in [2.24, 2.45) is 0 Å². The van der Waals surface area contributed by atoms with Gasteiger partial charge in [-0.25, -0.2) is 0 Å². The summed E-state index contributed by atoms with van der Waals surface area (Å²) in [4.78, 5) is 2.42. The molecule has 0 aliphatic rings. The second-order valence-electron chi connectivity index (χ2n) is 14.9. The third kappa shape index (κ3) is 6.12. The van der Waals surface area contributed by atoms with Gasteiger partial charge in [0, 0.05) is 37.1 Å². The number of hydrogen-bond donors (Lipinski definition) is 0. The smallest absolute Gasteiger partial charge is 0.0540 e. The molecular formula is C56H37NS. The Labute approximate surface area is 342 Å². The van der Waals surface area contributed by atoms with E-state index in [4.69, 9.17) is 0 Å². The van der Waals surface area contributed by atoms with Gasteiger partial charge in [0.15, 0.2) is 0 Å². The number of thiophene rings is 1. The Morgan fingerprint density at radius 1 is 0.276 bits per heavy atom. The lowest BCUT2D eigenvalue weighted by molar-refractivity contribution is 1.28. The van der Waals surface area contributed by atoms with Crippen LogP contribution in [-0.4, -0.2) is 0 Å². The molecule has 0 saturated carbocycles. The molecule has 0 aliphatic carbocycles. The number of rotatable bonds is 7. The van der Waals surface area contributed by atoms with Crippen molar-refractivity contribution in [3.05, 3.63) is 224 Å². The lowest BCUT2D eigenvalue weighted by atomic mass is 9.97. The van der Waals surface area contributed by atoms with Gasteiger partial charge in [-0.3, -0.25) is 0 Å². The third-order valence-corrected chi connectivity index (χ3v) is 12.6.